The molecule has 1 aliphatic rings. The summed E-state index contributed by atoms with van der Waals surface area (Å²) < 4.78 is 0. The Morgan fingerprint density at radius 1 is 1.33 bits per heavy atom. The molecule has 1 aliphatic heterocycles. The number of nitrogens with one attached hydrogen (secondary N) is 1. The minimum absolute atomic E-state index is 0.0234. The smallest absolute Gasteiger partial charge is 0.308 e. The van der Waals surface area contributed by atoms with E-state index in [0.717, 1.165) is 0 Å². The molecule has 0 radical (unpaired) electrons. The maximum Gasteiger partial charge on any atom is 0.308 e. The molecular formula is C15H16N2O4. The molecule has 1 unspecified atom stereocenters. The highest BCUT2D eigenvalue weighted by Gasteiger charge is 2.31. The van der Waals surface area contributed by atoms with Crippen LogP contribution < -0.4 is 5.32 Å². The zero-order valence-electron chi connectivity index (χ0n) is 11.6. The standard InChI is InChI=1S/C15H16N2O4/c1-9(15(20)21)7-16-13(18)8-17-10(2)11-5-3-4-6-12(11)14(17)19/h3-6,9H,2,7-8H2,1H3,(H,16,18)(H,20,21). The van der Waals surface area contributed by atoms with Gasteiger partial charge >= 0.3 is 5.97 Å². The SMILES string of the molecule is C=C1c2ccccc2C(=O)N1CC(=O)NCC(C)C(=O)O. The van der Waals surface area contributed by atoms with Crippen LogP contribution in [0.5, 0.6) is 0 Å². The number of hydrogen-bond acceptors (Lipinski definition) is 3. The fraction of sp³-hybridized carbons (Fsp3) is 0.267. The van der Waals surface area contributed by atoms with Gasteiger partial charge in [0, 0.05) is 23.4 Å². The molecule has 0 fully saturated rings. The molecule has 6 heteroatoms. The highest BCUT2D eigenvalue weighted by Crippen LogP contribution is 2.30. The molecule has 6 nitrogen and oxygen atoms in total. The van der Waals surface area contributed by atoms with Crippen molar-refractivity contribution in [1.82, 2.24) is 10.2 Å². The normalized spacial score (nSPS) is 14.8. The maximum absolute atomic E-state index is 12.2. The van der Waals surface area contributed by atoms with Gasteiger partial charge in [-0.25, -0.2) is 0 Å². The Bertz CT molecular complexity index is 589. The van der Waals surface area contributed by atoms with Crippen molar-refractivity contribution >= 4 is 23.5 Å². The number of amides is 2. The first kappa shape index (κ1) is 14.8. The van der Waals surface area contributed by atoms with Crippen LogP contribution in [0, 0.1) is 5.92 Å². The number of carboxylic acids is 1. The zero-order valence-corrected chi connectivity index (χ0v) is 11.6. The van der Waals surface area contributed by atoms with Gasteiger partial charge in [-0.1, -0.05) is 31.7 Å². The van der Waals surface area contributed by atoms with Gasteiger partial charge in [-0.05, 0) is 6.07 Å². The number of rotatable bonds is 5. The number of benzene rings is 1. The molecule has 0 bridgehead atoms. The lowest BCUT2D eigenvalue weighted by Crippen LogP contribution is -2.39. The van der Waals surface area contributed by atoms with Crippen LogP contribution in [-0.4, -0.2) is 40.9 Å². The molecule has 110 valence electrons. The molecule has 2 rings (SSSR count). The van der Waals surface area contributed by atoms with Gasteiger partial charge in [0.05, 0.1) is 5.92 Å². The summed E-state index contributed by atoms with van der Waals surface area (Å²) in [7, 11) is 0. The molecule has 1 aromatic rings. The summed E-state index contributed by atoms with van der Waals surface area (Å²) in [6.45, 7) is 5.19. The van der Waals surface area contributed by atoms with E-state index in [1.165, 1.54) is 11.8 Å². The lowest BCUT2D eigenvalue weighted by molar-refractivity contribution is -0.141. The van der Waals surface area contributed by atoms with Crippen LogP contribution in [0.25, 0.3) is 5.70 Å². The van der Waals surface area contributed by atoms with Gasteiger partial charge in [-0.15, -0.1) is 0 Å². The van der Waals surface area contributed by atoms with Crippen molar-refractivity contribution in [3.63, 3.8) is 0 Å². The molecule has 0 aromatic heterocycles. The fourth-order valence-electron chi connectivity index (χ4n) is 2.06. The largest absolute Gasteiger partial charge is 0.481 e. The molecule has 1 atom stereocenters. The van der Waals surface area contributed by atoms with Crippen LogP contribution in [0.15, 0.2) is 30.8 Å². The van der Waals surface area contributed by atoms with E-state index in [-0.39, 0.29) is 19.0 Å². The summed E-state index contributed by atoms with van der Waals surface area (Å²) in [6, 6.07) is 7.02. The van der Waals surface area contributed by atoms with Crippen LogP contribution in [0.2, 0.25) is 0 Å². The van der Waals surface area contributed by atoms with Crippen LogP contribution >= 0.6 is 0 Å². The number of carboxylic acid groups (broad SMARTS) is 1. The number of carbonyl (C=O) groups is 3. The van der Waals surface area contributed by atoms with Gasteiger partial charge in [-0.2, -0.15) is 0 Å². The van der Waals surface area contributed by atoms with Gasteiger partial charge < -0.3 is 10.4 Å². The summed E-state index contributed by atoms with van der Waals surface area (Å²) >= 11 is 0. The molecule has 0 saturated carbocycles. The Morgan fingerprint density at radius 3 is 2.52 bits per heavy atom. The Balaban J connectivity index is 1.99. The third-order valence-corrected chi connectivity index (χ3v) is 3.37. The second kappa shape index (κ2) is 5.78. The highest BCUT2D eigenvalue weighted by molar-refractivity contribution is 6.10. The lowest BCUT2D eigenvalue weighted by Gasteiger charge is -2.17. The number of carbonyl (C=O) groups excluding carboxylic acids is 2. The summed E-state index contributed by atoms with van der Waals surface area (Å²) in [5, 5.41) is 11.3. The van der Waals surface area contributed by atoms with Crippen LogP contribution in [0.3, 0.4) is 0 Å². The van der Waals surface area contributed by atoms with Crippen molar-refractivity contribution in [2.24, 2.45) is 5.92 Å². The molecule has 1 aromatic carbocycles. The molecule has 1 heterocycles. The zero-order chi connectivity index (χ0) is 15.6. The van der Waals surface area contributed by atoms with Crippen LogP contribution in [-0.2, 0) is 9.59 Å². The predicted molar refractivity (Wildman–Crippen MR) is 76.3 cm³/mol. The first-order chi connectivity index (χ1) is 9.91. The third kappa shape index (κ3) is 2.94. The van der Waals surface area contributed by atoms with Gasteiger partial charge in [0.25, 0.3) is 5.91 Å². The van der Waals surface area contributed by atoms with Crippen molar-refractivity contribution < 1.29 is 19.5 Å². The minimum atomic E-state index is -0.982. The first-order valence-corrected chi connectivity index (χ1v) is 6.51. The van der Waals surface area contributed by atoms with E-state index in [1.54, 1.807) is 24.3 Å². The molecule has 0 spiro atoms. The van der Waals surface area contributed by atoms with Crippen molar-refractivity contribution in [2.75, 3.05) is 13.1 Å². The average molecular weight is 288 g/mol. The number of hydrogen-bond donors (Lipinski definition) is 2. The molecule has 2 N–H and O–H groups in total. The van der Waals surface area contributed by atoms with Crippen LogP contribution in [0.4, 0.5) is 0 Å². The minimum Gasteiger partial charge on any atom is -0.481 e. The number of fused-ring (bicyclic) bond motifs is 1. The molecule has 0 saturated heterocycles. The Hall–Kier alpha value is -2.63. The van der Waals surface area contributed by atoms with E-state index >= 15 is 0 Å². The van der Waals surface area contributed by atoms with Crippen LogP contribution in [0.1, 0.15) is 22.8 Å². The van der Waals surface area contributed by atoms with E-state index < -0.39 is 17.8 Å². The predicted octanol–water partition coefficient (Wildman–Crippen LogP) is 0.950. The average Bonchev–Trinajstić information content (AvgIpc) is 2.70. The van der Waals surface area contributed by atoms with Crippen molar-refractivity contribution in [3.8, 4) is 0 Å². The Labute approximate surface area is 122 Å². The molecule has 2 amide bonds. The van der Waals surface area contributed by atoms with Gasteiger partial charge in [-0.3, -0.25) is 19.3 Å². The summed E-state index contributed by atoms with van der Waals surface area (Å²) in [4.78, 5) is 36.0. The lowest BCUT2D eigenvalue weighted by atomic mass is 10.1. The van der Waals surface area contributed by atoms with Crippen molar-refractivity contribution in [1.29, 1.82) is 0 Å². The maximum atomic E-state index is 12.2. The third-order valence-electron chi connectivity index (χ3n) is 3.37. The Morgan fingerprint density at radius 2 is 1.95 bits per heavy atom. The van der Waals surface area contributed by atoms with E-state index in [9.17, 15) is 14.4 Å². The molecular weight excluding hydrogens is 272 g/mol. The molecule has 21 heavy (non-hydrogen) atoms. The van der Waals surface area contributed by atoms with E-state index in [2.05, 4.69) is 11.9 Å². The van der Waals surface area contributed by atoms with Gasteiger partial charge in [0.1, 0.15) is 6.54 Å². The van der Waals surface area contributed by atoms with E-state index in [0.29, 0.717) is 16.8 Å². The number of aliphatic carboxylic acids is 1. The van der Waals surface area contributed by atoms with E-state index in [4.69, 9.17) is 5.11 Å². The van der Waals surface area contributed by atoms with Gasteiger partial charge in [0.15, 0.2) is 0 Å². The summed E-state index contributed by atoms with van der Waals surface area (Å²) in [5.74, 6) is -2.34. The second-order valence-corrected chi connectivity index (χ2v) is 4.93. The second-order valence-electron chi connectivity index (χ2n) is 4.93. The fourth-order valence-corrected chi connectivity index (χ4v) is 2.06. The van der Waals surface area contributed by atoms with Crippen molar-refractivity contribution in [3.05, 3.63) is 42.0 Å². The summed E-state index contributed by atoms with van der Waals surface area (Å²) in [6.07, 6.45) is 0. The van der Waals surface area contributed by atoms with E-state index in [1.807, 2.05) is 0 Å². The quantitative estimate of drug-likeness (QED) is 0.844. The summed E-state index contributed by atoms with van der Waals surface area (Å²) in [5.41, 5.74) is 1.72. The monoisotopic (exact) mass is 288 g/mol. The topological polar surface area (TPSA) is 86.7 Å². The van der Waals surface area contributed by atoms with Crippen molar-refractivity contribution in [2.45, 2.75) is 6.92 Å². The highest BCUT2D eigenvalue weighted by atomic mass is 16.4. The Kier molecular flexibility index (Phi) is 4.07. The number of nitrogens with zero attached hydrogens (tertiary/aromatic N) is 1. The van der Waals surface area contributed by atoms with Gasteiger partial charge in [0.2, 0.25) is 5.91 Å². The first-order valence-electron chi connectivity index (χ1n) is 6.51. The molecule has 0 aliphatic carbocycles.